The zero-order valence-corrected chi connectivity index (χ0v) is 8.99. The highest BCUT2D eigenvalue weighted by atomic mass is 16.7. The van der Waals surface area contributed by atoms with Crippen LogP contribution in [-0.2, 0) is 9.47 Å². The van der Waals surface area contributed by atoms with Crippen LogP contribution in [0.4, 0.5) is 0 Å². The summed E-state index contributed by atoms with van der Waals surface area (Å²) in [6.07, 6.45) is -5.84. The van der Waals surface area contributed by atoms with Crippen LogP contribution in [0, 0.1) is 0 Å². The van der Waals surface area contributed by atoms with Crippen molar-refractivity contribution in [3.63, 3.8) is 0 Å². The maximum Gasteiger partial charge on any atom is 0.186 e. The van der Waals surface area contributed by atoms with Crippen LogP contribution in [0.15, 0.2) is 0 Å². The molecule has 4 N–H and O–H groups in total. The number of aliphatic hydroxyl groups excluding tert-OH is 3. The number of methoxy groups -OCH3 is 1. The van der Waals surface area contributed by atoms with Gasteiger partial charge in [-0.25, -0.2) is 0 Å². The maximum atomic E-state index is 9.91. The second kappa shape index (κ2) is 4.32. The second-order valence-corrected chi connectivity index (χ2v) is 4.06. The van der Waals surface area contributed by atoms with E-state index < -0.39 is 36.3 Å². The van der Waals surface area contributed by atoms with Gasteiger partial charge in [-0.1, -0.05) is 0 Å². The van der Waals surface area contributed by atoms with Crippen LogP contribution in [0.1, 0.15) is 13.8 Å². The molecule has 6 atom stereocenters. The zero-order valence-electron chi connectivity index (χ0n) is 8.99. The number of ether oxygens (including phenoxy) is 2. The molecule has 1 rings (SSSR count). The molecule has 1 heterocycles. The minimum absolute atomic E-state index is 0.986. The van der Waals surface area contributed by atoms with E-state index in [2.05, 4.69) is 0 Å². The average molecular weight is 222 g/mol. The molecule has 0 bridgehead atoms. The molecule has 1 saturated heterocycles. The summed E-state index contributed by atoms with van der Waals surface area (Å²) in [6.45, 7) is 2.72. The predicted octanol–water partition coefficient (Wildman–Crippen LogP) is -1.79. The molecule has 0 saturated carbocycles. The van der Waals surface area contributed by atoms with Crippen LogP contribution in [0.25, 0.3) is 0 Å². The van der Waals surface area contributed by atoms with Crippen LogP contribution in [0.2, 0.25) is 0 Å². The minimum atomic E-state index is -1.72. The van der Waals surface area contributed by atoms with Crippen molar-refractivity contribution in [2.45, 2.75) is 50.2 Å². The van der Waals surface area contributed by atoms with Gasteiger partial charge in [0.1, 0.15) is 23.9 Å². The van der Waals surface area contributed by atoms with Crippen molar-refractivity contribution >= 4 is 0 Å². The van der Waals surface area contributed by atoms with Gasteiger partial charge in [0.25, 0.3) is 0 Å². The lowest BCUT2D eigenvalue weighted by atomic mass is 9.83. The van der Waals surface area contributed by atoms with Gasteiger partial charge >= 0.3 is 0 Å². The summed E-state index contributed by atoms with van der Waals surface area (Å²) < 4.78 is 9.96. The molecule has 1 aliphatic heterocycles. The van der Waals surface area contributed by atoms with Crippen molar-refractivity contribution in [3.8, 4) is 0 Å². The Morgan fingerprint density at radius 1 is 1.40 bits per heavy atom. The van der Waals surface area contributed by atoms with E-state index in [0.29, 0.717) is 0 Å². The topological polar surface area (TPSA) is 99.4 Å². The van der Waals surface area contributed by atoms with E-state index in [1.807, 2.05) is 0 Å². The summed E-state index contributed by atoms with van der Waals surface area (Å²) in [5.74, 6) is 0. The Balaban J connectivity index is 2.90. The first-order chi connectivity index (χ1) is 6.82. The molecule has 0 spiro atoms. The molecule has 15 heavy (non-hydrogen) atoms. The van der Waals surface area contributed by atoms with Crippen molar-refractivity contribution in [1.29, 1.82) is 0 Å². The SMILES string of the molecule is CO[C@H]1O[C@H](C(C)O)[C@@](C)(O)[C@H](O)[C@H]1O. The summed E-state index contributed by atoms with van der Waals surface area (Å²) in [5.41, 5.74) is -1.72. The van der Waals surface area contributed by atoms with Gasteiger partial charge in [-0.15, -0.1) is 0 Å². The van der Waals surface area contributed by atoms with Gasteiger partial charge in [-0.05, 0) is 13.8 Å². The first-order valence-electron chi connectivity index (χ1n) is 4.77. The van der Waals surface area contributed by atoms with E-state index in [1.54, 1.807) is 0 Å². The van der Waals surface area contributed by atoms with Crippen molar-refractivity contribution in [3.05, 3.63) is 0 Å². The van der Waals surface area contributed by atoms with Crippen LogP contribution in [0.5, 0.6) is 0 Å². The van der Waals surface area contributed by atoms with E-state index in [9.17, 15) is 20.4 Å². The lowest BCUT2D eigenvalue weighted by Gasteiger charge is -2.47. The molecule has 90 valence electrons. The Labute approximate surface area is 88.1 Å². The normalized spacial score (nSPS) is 49.0. The van der Waals surface area contributed by atoms with Gasteiger partial charge < -0.3 is 29.9 Å². The largest absolute Gasteiger partial charge is 0.391 e. The van der Waals surface area contributed by atoms with E-state index in [0.717, 1.165) is 0 Å². The molecule has 0 radical (unpaired) electrons. The summed E-state index contributed by atoms with van der Waals surface area (Å²) in [6, 6.07) is 0. The highest BCUT2D eigenvalue weighted by Crippen LogP contribution is 2.31. The molecule has 1 fully saturated rings. The van der Waals surface area contributed by atoms with Crippen molar-refractivity contribution in [2.75, 3.05) is 7.11 Å². The quantitative estimate of drug-likeness (QED) is 0.440. The fraction of sp³-hybridized carbons (Fsp3) is 1.00. The predicted molar refractivity (Wildman–Crippen MR) is 50.0 cm³/mol. The lowest BCUT2D eigenvalue weighted by Crippen LogP contribution is -2.67. The highest BCUT2D eigenvalue weighted by Gasteiger charge is 2.53. The molecule has 1 aliphatic rings. The van der Waals surface area contributed by atoms with Crippen LogP contribution in [0.3, 0.4) is 0 Å². The third kappa shape index (κ3) is 2.15. The molecule has 0 aromatic carbocycles. The summed E-state index contributed by atoms with van der Waals surface area (Å²) in [7, 11) is 1.31. The van der Waals surface area contributed by atoms with E-state index in [4.69, 9.17) is 9.47 Å². The van der Waals surface area contributed by atoms with Gasteiger partial charge in [-0.3, -0.25) is 0 Å². The molecule has 0 aromatic rings. The number of aliphatic hydroxyl groups is 4. The van der Waals surface area contributed by atoms with E-state index in [1.165, 1.54) is 21.0 Å². The number of hydrogen-bond acceptors (Lipinski definition) is 6. The maximum absolute atomic E-state index is 9.91. The van der Waals surface area contributed by atoms with Crippen molar-refractivity contribution in [1.82, 2.24) is 0 Å². The summed E-state index contributed by atoms with van der Waals surface area (Å²) >= 11 is 0. The molecule has 6 nitrogen and oxygen atoms in total. The molecule has 1 unspecified atom stereocenters. The molecule has 0 aromatic heterocycles. The average Bonchev–Trinajstić information content (AvgIpc) is 2.14. The third-order valence-electron chi connectivity index (χ3n) is 2.73. The molecular weight excluding hydrogens is 204 g/mol. The second-order valence-electron chi connectivity index (χ2n) is 4.06. The smallest absolute Gasteiger partial charge is 0.186 e. The molecule has 0 aliphatic carbocycles. The Morgan fingerprint density at radius 3 is 2.33 bits per heavy atom. The Morgan fingerprint density at radius 2 is 1.93 bits per heavy atom. The minimum Gasteiger partial charge on any atom is -0.391 e. The first-order valence-corrected chi connectivity index (χ1v) is 4.77. The fourth-order valence-electron chi connectivity index (χ4n) is 1.82. The Hall–Kier alpha value is -0.240. The van der Waals surface area contributed by atoms with Crippen LogP contribution < -0.4 is 0 Å². The van der Waals surface area contributed by atoms with Gasteiger partial charge in [0, 0.05) is 7.11 Å². The lowest BCUT2D eigenvalue weighted by molar-refractivity contribution is -0.330. The molecular formula is C9H18O6. The van der Waals surface area contributed by atoms with E-state index in [-0.39, 0.29) is 0 Å². The zero-order chi connectivity index (χ0) is 11.8. The monoisotopic (exact) mass is 222 g/mol. The third-order valence-corrected chi connectivity index (χ3v) is 2.73. The molecule has 0 amide bonds. The summed E-state index contributed by atoms with van der Waals surface area (Å²) in [4.78, 5) is 0. The Bertz CT molecular complexity index is 217. The Kier molecular flexibility index (Phi) is 3.70. The van der Waals surface area contributed by atoms with Crippen LogP contribution in [-0.4, -0.2) is 63.8 Å². The number of hydrogen-bond donors (Lipinski definition) is 4. The standard InChI is InChI=1S/C9H18O6/c1-4(10)7-9(2,13)6(12)5(11)8(14-3)15-7/h4-8,10-13H,1-3H3/t4?,5-,6-,7-,8+,9+/m1/s1. The van der Waals surface area contributed by atoms with Crippen molar-refractivity contribution < 1.29 is 29.9 Å². The van der Waals surface area contributed by atoms with Gasteiger partial charge in [0.2, 0.25) is 0 Å². The fourth-order valence-corrected chi connectivity index (χ4v) is 1.82. The van der Waals surface area contributed by atoms with Gasteiger partial charge in [0.05, 0.1) is 6.10 Å². The highest BCUT2D eigenvalue weighted by molar-refractivity contribution is 5.00. The van der Waals surface area contributed by atoms with Gasteiger partial charge in [-0.2, -0.15) is 0 Å². The van der Waals surface area contributed by atoms with E-state index >= 15 is 0 Å². The van der Waals surface area contributed by atoms with Crippen LogP contribution >= 0.6 is 0 Å². The molecule has 6 heteroatoms. The summed E-state index contributed by atoms with van der Waals surface area (Å²) in [5, 5.41) is 38.5. The van der Waals surface area contributed by atoms with Gasteiger partial charge in [0.15, 0.2) is 6.29 Å². The van der Waals surface area contributed by atoms with Crippen molar-refractivity contribution in [2.24, 2.45) is 0 Å². The first kappa shape index (κ1) is 12.8. The number of rotatable bonds is 2.